The molecular weight excluding hydrogens is 581 g/mol. The Kier molecular flexibility index (Phi) is 11.8. The number of nitrogens with one attached hydrogen (secondary N) is 1. The van der Waals surface area contributed by atoms with Crippen molar-refractivity contribution in [1.82, 2.24) is 10.2 Å². The lowest BCUT2D eigenvalue weighted by atomic mass is 9.95. The van der Waals surface area contributed by atoms with Crippen molar-refractivity contribution in [2.24, 2.45) is 0 Å². The van der Waals surface area contributed by atoms with Crippen LogP contribution in [0.2, 0.25) is 15.1 Å². The van der Waals surface area contributed by atoms with E-state index >= 15 is 0 Å². The first-order valence-corrected chi connectivity index (χ1v) is 16.2. The second-order valence-corrected chi connectivity index (χ2v) is 13.1. The highest BCUT2D eigenvalue weighted by Crippen LogP contribution is 2.26. The van der Waals surface area contributed by atoms with Crippen molar-refractivity contribution >= 4 is 62.3 Å². The minimum absolute atomic E-state index is 0.0466. The van der Waals surface area contributed by atoms with E-state index in [1.54, 1.807) is 47.4 Å². The fourth-order valence-electron chi connectivity index (χ4n) is 4.93. The molecule has 1 saturated carbocycles. The van der Waals surface area contributed by atoms with Crippen LogP contribution in [0.25, 0.3) is 0 Å². The Balaban J connectivity index is 1.78. The molecule has 1 N–H and O–H groups in total. The Morgan fingerprint density at radius 1 is 1.03 bits per heavy atom. The van der Waals surface area contributed by atoms with Gasteiger partial charge in [0.15, 0.2) is 0 Å². The topological polar surface area (TPSA) is 86.8 Å². The number of hydrogen-bond acceptors (Lipinski definition) is 4. The molecule has 1 unspecified atom stereocenters. The molecule has 1 fully saturated rings. The summed E-state index contributed by atoms with van der Waals surface area (Å²) in [5, 5.41) is 4.45. The molecule has 3 rings (SSSR count). The number of carbonyl (C=O) groups excluding carboxylic acids is 2. The van der Waals surface area contributed by atoms with E-state index in [1.165, 1.54) is 10.7 Å². The van der Waals surface area contributed by atoms with Crippen molar-refractivity contribution in [2.45, 2.75) is 76.9 Å². The van der Waals surface area contributed by atoms with Crippen LogP contribution >= 0.6 is 34.8 Å². The van der Waals surface area contributed by atoms with Gasteiger partial charge in [-0.25, -0.2) is 8.42 Å². The third-order valence-corrected chi connectivity index (χ3v) is 8.96. The molecule has 0 saturated heterocycles. The van der Waals surface area contributed by atoms with Crippen LogP contribution in [0.1, 0.15) is 63.9 Å². The summed E-state index contributed by atoms with van der Waals surface area (Å²) in [5.74, 6) is -0.439. The van der Waals surface area contributed by atoms with Crippen molar-refractivity contribution in [3.05, 3.63) is 63.1 Å². The number of carbonyl (C=O) groups is 2. The summed E-state index contributed by atoms with van der Waals surface area (Å²) in [7, 11) is -3.61. The zero-order chi connectivity index (χ0) is 28.6. The average Bonchev–Trinajstić information content (AvgIpc) is 2.87. The lowest BCUT2D eigenvalue weighted by Gasteiger charge is -2.33. The summed E-state index contributed by atoms with van der Waals surface area (Å²) < 4.78 is 26.2. The molecule has 0 heterocycles. The highest BCUT2D eigenvalue weighted by Gasteiger charge is 2.31. The van der Waals surface area contributed by atoms with Crippen LogP contribution in [0, 0.1) is 0 Å². The molecule has 214 valence electrons. The molecule has 2 aromatic rings. The molecule has 2 aromatic carbocycles. The van der Waals surface area contributed by atoms with Gasteiger partial charge in [0.05, 0.1) is 11.9 Å². The lowest BCUT2D eigenvalue weighted by Crippen LogP contribution is -2.51. The van der Waals surface area contributed by atoms with Crippen molar-refractivity contribution < 1.29 is 18.0 Å². The Morgan fingerprint density at radius 2 is 1.72 bits per heavy atom. The second-order valence-electron chi connectivity index (χ2n) is 9.94. The van der Waals surface area contributed by atoms with Gasteiger partial charge in [0, 0.05) is 40.6 Å². The first-order chi connectivity index (χ1) is 18.5. The summed E-state index contributed by atoms with van der Waals surface area (Å²) in [6.45, 7) is 2.10. The third kappa shape index (κ3) is 9.27. The van der Waals surface area contributed by atoms with E-state index in [4.69, 9.17) is 34.8 Å². The van der Waals surface area contributed by atoms with Crippen LogP contribution in [0.15, 0.2) is 42.5 Å². The first kappa shape index (κ1) is 31.5. The van der Waals surface area contributed by atoms with Gasteiger partial charge in [0.25, 0.3) is 0 Å². The molecule has 1 aliphatic rings. The minimum Gasteiger partial charge on any atom is -0.352 e. The van der Waals surface area contributed by atoms with Gasteiger partial charge in [0.2, 0.25) is 21.8 Å². The SMILES string of the molecule is CCC(C(=O)NC1CCCCC1)N(Cc1ccc(Cl)cc1Cl)C(=O)CCCN(c1cccc(Cl)c1)S(C)(=O)=O. The predicted molar refractivity (Wildman–Crippen MR) is 159 cm³/mol. The van der Waals surface area contributed by atoms with Gasteiger partial charge in [-0.1, -0.05) is 73.1 Å². The number of benzene rings is 2. The van der Waals surface area contributed by atoms with E-state index in [-0.39, 0.29) is 43.8 Å². The van der Waals surface area contributed by atoms with Gasteiger partial charge in [-0.05, 0) is 61.6 Å². The van der Waals surface area contributed by atoms with Crippen LogP contribution in [-0.4, -0.2) is 50.0 Å². The highest BCUT2D eigenvalue weighted by molar-refractivity contribution is 7.92. The molecule has 0 aromatic heterocycles. The maximum absolute atomic E-state index is 13.6. The number of halogens is 3. The minimum atomic E-state index is -3.61. The van der Waals surface area contributed by atoms with E-state index in [9.17, 15) is 18.0 Å². The van der Waals surface area contributed by atoms with Crippen LogP contribution in [0.5, 0.6) is 0 Å². The standard InChI is InChI=1S/C28H36Cl3N3O4S/c1-3-26(28(36)32-23-10-5-4-6-11-23)33(19-20-14-15-22(30)18-25(20)31)27(35)13-8-16-34(39(2,37)38)24-12-7-9-21(29)17-24/h7,9,12,14-15,17-18,23,26H,3-6,8,10-11,13,16,19H2,1-2H3,(H,32,36). The lowest BCUT2D eigenvalue weighted by molar-refractivity contribution is -0.141. The number of amides is 2. The number of nitrogens with zero attached hydrogens (tertiary/aromatic N) is 2. The maximum Gasteiger partial charge on any atom is 0.243 e. The molecule has 0 spiro atoms. The Labute approximate surface area is 246 Å². The monoisotopic (exact) mass is 615 g/mol. The highest BCUT2D eigenvalue weighted by atomic mass is 35.5. The van der Waals surface area contributed by atoms with Crippen molar-refractivity contribution in [2.75, 3.05) is 17.1 Å². The smallest absolute Gasteiger partial charge is 0.243 e. The van der Waals surface area contributed by atoms with Crippen LogP contribution in [-0.2, 0) is 26.2 Å². The van der Waals surface area contributed by atoms with E-state index in [1.807, 2.05) is 6.92 Å². The summed E-state index contributed by atoms with van der Waals surface area (Å²) in [4.78, 5) is 28.6. The van der Waals surface area contributed by atoms with Crippen LogP contribution in [0.4, 0.5) is 5.69 Å². The van der Waals surface area contributed by atoms with Gasteiger partial charge < -0.3 is 10.2 Å². The van der Waals surface area contributed by atoms with Gasteiger partial charge in [-0.3, -0.25) is 13.9 Å². The average molecular weight is 617 g/mol. The molecule has 0 aliphatic heterocycles. The van der Waals surface area contributed by atoms with Gasteiger partial charge >= 0.3 is 0 Å². The van der Waals surface area contributed by atoms with E-state index < -0.39 is 16.1 Å². The number of hydrogen-bond donors (Lipinski definition) is 1. The van der Waals surface area contributed by atoms with Crippen LogP contribution < -0.4 is 9.62 Å². The van der Waals surface area contributed by atoms with Gasteiger partial charge in [-0.2, -0.15) is 0 Å². The number of anilines is 1. The summed E-state index contributed by atoms with van der Waals surface area (Å²) in [6, 6.07) is 11.0. The molecular formula is C28H36Cl3N3O4S. The van der Waals surface area contributed by atoms with Gasteiger partial charge in [-0.15, -0.1) is 0 Å². The van der Waals surface area contributed by atoms with Crippen molar-refractivity contribution in [3.63, 3.8) is 0 Å². The molecule has 1 atom stereocenters. The Hall–Kier alpha value is -2.00. The predicted octanol–water partition coefficient (Wildman–Crippen LogP) is 6.45. The quantitative estimate of drug-likeness (QED) is 0.297. The molecule has 39 heavy (non-hydrogen) atoms. The number of sulfonamides is 1. The van der Waals surface area contributed by atoms with E-state index in [0.29, 0.717) is 32.7 Å². The van der Waals surface area contributed by atoms with Crippen molar-refractivity contribution in [3.8, 4) is 0 Å². The molecule has 2 amide bonds. The summed E-state index contributed by atoms with van der Waals surface area (Å²) in [6.07, 6.45) is 7.04. The maximum atomic E-state index is 13.6. The van der Waals surface area contributed by atoms with Crippen LogP contribution in [0.3, 0.4) is 0 Å². The fraction of sp³-hybridized carbons (Fsp3) is 0.500. The molecule has 7 nitrogen and oxygen atoms in total. The largest absolute Gasteiger partial charge is 0.352 e. The van der Waals surface area contributed by atoms with Crippen molar-refractivity contribution in [1.29, 1.82) is 0 Å². The molecule has 11 heteroatoms. The summed E-state index contributed by atoms with van der Waals surface area (Å²) >= 11 is 18.6. The normalized spacial score (nSPS) is 15.0. The Morgan fingerprint density at radius 3 is 2.33 bits per heavy atom. The second kappa shape index (κ2) is 14.6. The summed E-state index contributed by atoms with van der Waals surface area (Å²) in [5.41, 5.74) is 1.11. The number of rotatable bonds is 12. The zero-order valence-electron chi connectivity index (χ0n) is 22.3. The van der Waals surface area contributed by atoms with Gasteiger partial charge in [0.1, 0.15) is 6.04 Å². The van der Waals surface area contributed by atoms with E-state index in [0.717, 1.165) is 31.9 Å². The Bertz CT molecular complexity index is 1250. The zero-order valence-corrected chi connectivity index (χ0v) is 25.4. The van der Waals surface area contributed by atoms with E-state index in [2.05, 4.69) is 5.32 Å². The molecule has 0 radical (unpaired) electrons. The third-order valence-electron chi connectivity index (χ3n) is 6.94. The molecule has 1 aliphatic carbocycles. The first-order valence-electron chi connectivity index (χ1n) is 13.3. The molecule has 0 bridgehead atoms. The fourth-order valence-corrected chi connectivity index (χ4v) is 6.54.